The van der Waals surface area contributed by atoms with E-state index in [-0.39, 0.29) is 12.5 Å². The third kappa shape index (κ3) is 3.10. The summed E-state index contributed by atoms with van der Waals surface area (Å²) in [6.45, 7) is -0.313. The van der Waals surface area contributed by atoms with E-state index in [1.54, 1.807) is 6.07 Å². The van der Waals surface area contributed by atoms with Crippen molar-refractivity contribution in [2.75, 3.05) is 11.9 Å². The number of carbonyl (C=O) groups excluding carboxylic acids is 3. The van der Waals surface area contributed by atoms with Crippen LogP contribution in [0, 0.1) is 0 Å². The van der Waals surface area contributed by atoms with E-state index < -0.39 is 17.5 Å². The molecular formula is C16H15ClN4O3S2. The summed E-state index contributed by atoms with van der Waals surface area (Å²) in [6.07, 6.45) is 3.07. The van der Waals surface area contributed by atoms with E-state index in [9.17, 15) is 14.4 Å². The second-order valence-electron chi connectivity index (χ2n) is 6.30. The fourth-order valence-electron chi connectivity index (χ4n) is 3.34. The smallest absolute Gasteiger partial charge is 0.323 e. The zero-order chi connectivity index (χ0) is 18.3. The van der Waals surface area contributed by atoms with Gasteiger partial charge >= 0.3 is 6.03 Å². The van der Waals surface area contributed by atoms with Gasteiger partial charge in [-0.05, 0) is 25.0 Å². The number of thiazole rings is 1. The van der Waals surface area contributed by atoms with Gasteiger partial charge in [0.2, 0.25) is 5.91 Å². The normalized spacial score (nSPS) is 18.6. The molecule has 7 nitrogen and oxygen atoms in total. The fraction of sp³-hybridized carbons (Fsp3) is 0.375. The summed E-state index contributed by atoms with van der Waals surface area (Å²) >= 11 is 8.60. The van der Waals surface area contributed by atoms with Gasteiger partial charge in [-0.1, -0.05) is 24.4 Å². The largest absolute Gasteiger partial charge is 0.325 e. The van der Waals surface area contributed by atoms with Gasteiger partial charge in [0.05, 0.1) is 14.9 Å². The molecular weight excluding hydrogens is 396 g/mol. The molecule has 2 aliphatic rings. The Morgan fingerprint density at radius 3 is 2.81 bits per heavy atom. The Labute approximate surface area is 162 Å². The minimum absolute atomic E-state index is 0.303. The quantitative estimate of drug-likeness (QED) is 0.756. The predicted octanol–water partition coefficient (Wildman–Crippen LogP) is 3.33. The van der Waals surface area contributed by atoms with Crippen LogP contribution in [0.15, 0.2) is 17.5 Å². The number of amides is 4. The van der Waals surface area contributed by atoms with Gasteiger partial charge in [-0.2, -0.15) is 0 Å². The number of halogens is 1. The fourth-order valence-corrected chi connectivity index (χ4v) is 5.14. The number of urea groups is 1. The summed E-state index contributed by atoms with van der Waals surface area (Å²) in [6, 6.07) is 3.15. The molecule has 0 bridgehead atoms. The van der Waals surface area contributed by atoms with Crippen LogP contribution < -0.4 is 10.6 Å². The summed E-state index contributed by atoms with van der Waals surface area (Å²) in [5.74, 6) is -0.753. The van der Waals surface area contributed by atoms with E-state index in [4.69, 9.17) is 11.6 Å². The Bertz CT molecular complexity index is 888. The number of anilines is 1. The highest BCUT2D eigenvalue weighted by Crippen LogP contribution is 2.35. The molecule has 2 aromatic rings. The second kappa shape index (κ2) is 6.64. The number of aromatic nitrogens is 1. The first-order valence-electron chi connectivity index (χ1n) is 8.12. The van der Waals surface area contributed by atoms with E-state index in [1.807, 2.05) is 11.4 Å². The van der Waals surface area contributed by atoms with Crippen LogP contribution in [0.3, 0.4) is 0 Å². The molecule has 0 atom stereocenters. The van der Waals surface area contributed by atoms with Crippen molar-refractivity contribution in [1.82, 2.24) is 15.2 Å². The standard InChI is InChI=1S/C16H15ClN4O3S2/c17-11-4-3-10(26-11)9-8-25-14(18-9)19-12(22)7-21-13(23)16(20-15(21)24)5-1-2-6-16/h3-4,8H,1-2,5-7H2,(H,20,24)(H,18,19,22). The predicted molar refractivity (Wildman–Crippen MR) is 101 cm³/mol. The Balaban J connectivity index is 1.41. The minimum Gasteiger partial charge on any atom is -0.323 e. The van der Waals surface area contributed by atoms with Crippen LogP contribution in [-0.4, -0.2) is 39.8 Å². The van der Waals surface area contributed by atoms with Crippen molar-refractivity contribution < 1.29 is 14.4 Å². The molecule has 4 amide bonds. The molecule has 26 heavy (non-hydrogen) atoms. The number of carbonyl (C=O) groups is 3. The molecule has 0 unspecified atom stereocenters. The first kappa shape index (κ1) is 17.4. The van der Waals surface area contributed by atoms with Crippen molar-refractivity contribution in [2.24, 2.45) is 0 Å². The lowest BCUT2D eigenvalue weighted by Crippen LogP contribution is -2.44. The van der Waals surface area contributed by atoms with Gasteiger partial charge in [-0.25, -0.2) is 9.78 Å². The average molecular weight is 411 g/mol. The van der Waals surface area contributed by atoms with Gasteiger partial charge in [0.25, 0.3) is 5.91 Å². The summed E-state index contributed by atoms with van der Waals surface area (Å²) in [5, 5.41) is 7.64. The van der Waals surface area contributed by atoms with Crippen LogP contribution in [0.4, 0.5) is 9.93 Å². The Morgan fingerprint density at radius 1 is 1.35 bits per heavy atom. The van der Waals surface area contributed by atoms with E-state index in [0.717, 1.165) is 28.3 Å². The highest BCUT2D eigenvalue weighted by Gasteiger charge is 2.52. The maximum Gasteiger partial charge on any atom is 0.325 e. The molecule has 1 aliphatic carbocycles. The SMILES string of the molecule is O=C(CN1C(=O)NC2(CCCC2)C1=O)Nc1nc(-c2ccc(Cl)s2)cs1. The van der Waals surface area contributed by atoms with Crippen LogP contribution in [0.2, 0.25) is 4.34 Å². The summed E-state index contributed by atoms with van der Waals surface area (Å²) < 4.78 is 0.665. The van der Waals surface area contributed by atoms with Crippen molar-refractivity contribution in [3.05, 3.63) is 21.8 Å². The average Bonchev–Trinajstić information content (AvgIpc) is 3.35. The Morgan fingerprint density at radius 2 is 2.12 bits per heavy atom. The van der Waals surface area contributed by atoms with Gasteiger partial charge in [-0.15, -0.1) is 22.7 Å². The van der Waals surface area contributed by atoms with Gasteiger partial charge in [-0.3, -0.25) is 14.5 Å². The van der Waals surface area contributed by atoms with Gasteiger partial charge in [0.1, 0.15) is 12.1 Å². The van der Waals surface area contributed by atoms with E-state index in [2.05, 4.69) is 15.6 Å². The van der Waals surface area contributed by atoms with Crippen LogP contribution in [0.5, 0.6) is 0 Å². The third-order valence-corrected chi connectivity index (χ3v) is 6.59. The van der Waals surface area contributed by atoms with Gasteiger partial charge in [0, 0.05) is 5.38 Å². The molecule has 1 saturated carbocycles. The van der Waals surface area contributed by atoms with Gasteiger partial charge in [0.15, 0.2) is 5.13 Å². The molecule has 3 heterocycles. The number of hydrogen-bond acceptors (Lipinski definition) is 6. The topological polar surface area (TPSA) is 91.4 Å². The molecule has 1 saturated heterocycles. The highest BCUT2D eigenvalue weighted by molar-refractivity contribution is 7.20. The first-order valence-corrected chi connectivity index (χ1v) is 10.2. The molecule has 1 aliphatic heterocycles. The molecule has 0 radical (unpaired) electrons. The number of rotatable bonds is 4. The van der Waals surface area contributed by atoms with Crippen molar-refractivity contribution in [1.29, 1.82) is 0 Å². The third-order valence-electron chi connectivity index (χ3n) is 4.58. The molecule has 0 aromatic carbocycles. The molecule has 2 N–H and O–H groups in total. The molecule has 2 fully saturated rings. The maximum atomic E-state index is 12.6. The van der Waals surface area contributed by atoms with Crippen molar-refractivity contribution >= 4 is 57.3 Å². The molecule has 4 rings (SSSR count). The molecule has 2 aromatic heterocycles. The monoisotopic (exact) mass is 410 g/mol. The van der Waals surface area contributed by atoms with Crippen molar-refractivity contribution in [3.8, 4) is 10.6 Å². The van der Waals surface area contributed by atoms with Crippen molar-refractivity contribution in [2.45, 2.75) is 31.2 Å². The highest BCUT2D eigenvalue weighted by atomic mass is 35.5. The number of imide groups is 1. The lowest BCUT2D eigenvalue weighted by atomic mass is 9.98. The number of nitrogens with one attached hydrogen (secondary N) is 2. The van der Waals surface area contributed by atoms with Crippen LogP contribution in [0.25, 0.3) is 10.6 Å². The number of nitrogens with zero attached hydrogens (tertiary/aromatic N) is 2. The minimum atomic E-state index is -0.801. The lowest BCUT2D eigenvalue weighted by molar-refractivity contribution is -0.133. The van der Waals surface area contributed by atoms with Crippen LogP contribution in [0.1, 0.15) is 25.7 Å². The second-order valence-corrected chi connectivity index (χ2v) is 8.87. The number of thiophene rings is 1. The molecule has 1 spiro atoms. The van der Waals surface area contributed by atoms with E-state index >= 15 is 0 Å². The molecule has 10 heteroatoms. The number of hydrogen-bond donors (Lipinski definition) is 2. The van der Waals surface area contributed by atoms with Crippen molar-refractivity contribution in [3.63, 3.8) is 0 Å². The zero-order valence-electron chi connectivity index (χ0n) is 13.6. The maximum absolute atomic E-state index is 12.6. The first-order chi connectivity index (χ1) is 12.5. The summed E-state index contributed by atoms with van der Waals surface area (Å²) in [5.41, 5.74) is -0.0773. The van der Waals surface area contributed by atoms with E-state index in [0.29, 0.717) is 22.3 Å². The zero-order valence-corrected chi connectivity index (χ0v) is 16.0. The van der Waals surface area contributed by atoms with Crippen LogP contribution in [-0.2, 0) is 9.59 Å². The van der Waals surface area contributed by atoms with Crippen LogP contribution >= 0.6 is 34.3 Å². The Kier molecular flexibility index (Phi) is 4.45. The Hall–Kier alpha value is -1.97. The summed E-state index contributed by atoms with van der Waals surface area (Å²) in [7, 11) is 0. The molecule has 136 valence electrons. The van der Waals surface area contributed by atoms with Gasteiger partial charge < -0.3 is 10.6 Å². The van der Waals surface area contributed by atoms with E-state index in [1.165, 1.54) is 22.7 Å². The lowest BCUT2D eigenvalue weighted by Gasteiger charge is -2.19. The summed E-state index contributed by atoms with van der Waals surface area (Å²) in [4.78, 5) is 43.2.